The van der Waals surface area contributed by atoms with E-state index in [1.807, 2.05) is 19.9 Å². The summed E-state index contributed by atoms with van der Waals surface area (Å²) in [7, 11) is 0. The summed E-state index contributed by atoms with van der Waals surface area (Å²) in [4.78, 5) is 81.5. The van der Waals surface area contributed by atoms with Crippen LogP contribution in [-0.4, -0.2) is 48.7 Å². The lowest BCUT2D eigenvalue weighted by molar-refractivity contribution is -0.122. The van der Waals surface area contributed by atoms with Crippen molar-refractivity contribution in [1.82, 2.24) is 0 Å². The van der Waals surface area contributed by atoms with E-state index in [4.69, 9.17) is 9.15 Å². The average Bonchev–Trinajstić information content (AvgIpc) is 3.39. The summed E-state index contributed by atoms with van der Waals surface area (Å²) >= 11 is 0. The van der Waals surface area contributed by atoms with Crippen molar-refractivity contribution in [2.45, 2.75) is 40.7 Å². The zero-order valence-electron chi connectivity index (χ0n) is 24.8. The summed E-state index contributed by atoms with van der Waals surface area (Å²) in [5.41, 5.74) is 0.151. The third-order valence-electron chi connectivity index (χ3n) is 7.12. The minimum Gasteiger partial charge on any atom is -0.485 e. The van der Waals surface area contributed by atoms with Gasteiger partial charge in [0.25, 0.3) is 23.6 Å². The molecule has 0 fully saturated rings. The highest BCUT2D eigenvalue weighted by Crippen LogP contribution is 2.34. The van der Waals surface area contributed by atoms with E-state index in [1.54, 1.807) is 26.0 Å². The van der Waals surface area contributed by atoms with E-state index < -0.39 is 35.2 Å². The predicted octanol–water partition coefficient (Wildman–Crippen LogP) is 3.89. The predicted molar refractivity (Wildman–Crippen MR) is 163 cm³/mol. The normalized spacial score (nSPS) is 15.0. The van der Waals surface area contributed by atoms with Crippen molar-refractivity contribution in [2.75, 3.05) is 33.1 Å². The Morgan fingerprint density at radius 1 is 0.886 bits per heavy atom. The molecule has 0 atom stereocenters. The van der Waals surface area contributed by atoms with Gasteiger partial charge in [0.15, 0.2) is 5.76 Å². The Morgan fingerprint density at radius 2 is 1.52 bits per heavy atom. The summed E-state index contributed by atoms with van der Waals surface area (Å²) < 4.78 is 10.9. The molecule has 0 saturated heterocycles. The largest absolute Gasteiger partial charge is 0.485 e. The summed E-state index contributed by atoms with van der Waals surface area (Å²) in [6, 6.07) is 10.7. The first kappa shape index (κ1) is 30.0. The maximum absolute atomic E-state index is 13.4. The Bertz CT molecular complexity index is 1870. The van der Waals surface area contributed by atoms with E-state index >= 15 is 0 Å². The molecule has 0 aliphatic carbocycles. The van der Waals surface area contributed by atoms with E-state index in [9.17, 15) is 28.8 Å². The fraction of sp³-hybridized carbons (Fsp3) is 0.250. The third-order valence-corrected chi connectivity index (χ3v) is 7.12. The molecule has 5 rings (SSSR count). The van der Waals surface area contributed by atoms with Crippen LogP contribution >= 0.6 is 0 Å². The quantitative estimate of drug-likeness (QED) is 0.286. The van der Waals surface area contributed by atoms with Gasteiger partial charge >= 0.3 is 11.5 Å². The van der Waals surface area contributed by atoms with Crippen molar-refractivity contribution in [1.29, 1.82) is 0 Å². The van der Waals surface area contributed by atoms with Crippen LogP contribution in [0, 0.1) is 0 Å². The Labute approximate surface area is 252 Å². The first-order chi connectivity index (χ1) is 20.9. The SMILES string of the molecule is CCN(CC)c1ccc2cc(C(=O)Nc3cc(N4C(=O)C=C(C)C4=O)cc(N4C(=O)C=C(OC(C)C)C4=O)c3)c(=O)oc2c1. The van der Waals surface area contributed by atoms with E-state index in [-0.39, 0.29) is 40.1 Å². The number of carbonyl (C=O) groups is 5. The van der Waals surface area contributed by atoms with Gasteiger partial charge in [0.2, 0.25) is 0 Å². The average molecular weight is 599 g/mol. The molecule has 0 radical (unpaired) electrons. The van der Waals surface area contributed by atoms with Gasteiger partial charge in [0.05, 0.1) is 23.6 Å². The second-order valence-corrected chi connectivity index (χ2v) is 10.5. The number of hydrogen-bond acceptors (Lipinski definition) is 9. The standard InChI is InChI=1S/C32H30N4O8/c1-6-34(7-2)21-9-8-19-11-24(32(42)44-25(19)15-21)29(39)33-20-12-22(35-27(37)10-18(5)30(35)40)14-23(13-20)36-28(38)16-26(31(36)41)43-17(3)4/h8-17H,6-7H2,1-5H3,(H,33,39). The number of nitrogens with zero attached hydrogens (tertiary/aromatic N) is 3. The lowest BCUT2D eigenvalue weighted by Gasteiger charge is -2.21. The van der Waals surface area contributed by atoms with Crippen molar-refractivity contribution in [3.63, 3.8) is 0 Å². The molecule has 44 heavy (non-hydrogen) atoms. The molecule has 0 spiro atoms. The van der Waals surface area contributed by atoms with E-state index in [1.165, 1.54) is 31.2 Å². The molecule has 5 amide bonds. The molecule has 2 aliphatic heterocycles. The van der Waals surface area contributed by atoms with Crippen molar-refractivity contribution in [3.05, 3.63) is 81.9 Å². The van der Waals surface area contributed by atoms with E-state index in [2.05, 4.69) is 10.2 Å². The first-order valence-corrected chi connectivity index (χ1v) is 14.0. The zero-order valence-corrected chi connectivity index (χ0v) is 24.8. The highest BCUT2D eigenvalue weighted by molar-refractivity contribution is 6.32. The lowest BCUT2D eigenvalue weighted by Crippen LogP contribution is -2.33. The van der Waals surface area contributed by atoms with Crippen LogP contribution in [0.5, 0.6) is 0 Å². The number of fused-ring (bicyclic) bond motifs is 1. The Kier molecular flexibility index (Phi) is 7.92. The van der Waals surface area contributed by atoms with Crippen molar-refractivity contribution < 1.29 is 33.1 Å². The van der Waals surface area contributed by atoms with Crippen molar-refractivity contribution >= 4 is 63.3 Å². The number of nitrogens with one attached hydrogen (secondary N) is 1. The molecule has 12 heteroatoms. The molecule has 1 aromatic heterocycles. The van der Waals surface area contributed by atoms with Gasteiger partial charge in [0, 0.05) is 47.6 Å². The smallest absolute Gasteiger partial charge is 0.349 e. The number of hydrogen-bond donors (Lipinski definition) is 1. The molecule has 2 aliphatic rings. The maximum atomic E-state index is 13.4. The van der Waals surface area contributed by atoms with Crippen LogP contribution in [0.25, 0.3) is 11.0 Å². The number of amides is 5. The Morgan fingerprint density at radius 3 is 2.11 bits per heavy atom. The molecule has 3 aromatic rings. The van der Waals surface area contributed by atoms with Gasteiger partial charge in [-0.15, -0.1) is 0 Å². The molecule has 0 saturated carbocycles. The van der Waals surface area contributed by atoms with Crippen LogP contribution in [0.1, 0.15) is 45.0 Å². The summed E-state index contributed by atoms with van der Waals surface area (Å²) in [5.74, 6) is -3.74. The number of anilines is 4. The summed E-state index contributed by atoms with van der Waals surface area (Å²) in [5, 5.41) is 3.10. The second-order valence-electron chi connectivity index (χ2n) is 10.5. The van der Waals surface area contributed by atoms with Gasteiger partial charge in [-0.1, -0.05) is 0 Å². The Balaban J connectivity index is 1.52. The number of rotatable bonds is 9. The van der Waals surface area contributed by atoms with E-state index in [0.29, 0.717) is 11.0 Å². The summed E-state index contributed by atoms with van der Waals surface area (Å²) in [6.07, 6.45) is 1.81. The van der Waals surface area contributed by atoms with Crippen LogP contribution in [0.2, 0.25) is 0 Å². The van der Waals surface area contributed by atoms with Crippen molar-refractivity contribution in [3.8, 4) is 0 Å². The number of carbonyl (C=O) groups excluding carboxylic acids is 5. The topological polar surface area (TPSA) is 147 Å². The molecule has 12 nitrogen and oxygen atoms in total. The molecule has 3 heterocycles. The fourth-order valence-corrected chi connectivity index (χ4v) is 5.03. The van der Waals surface area contributed by atoms with Gasteiger partial charge in [-0.05, 0) is 71.0 Å². The van der Waals surface area contributed by atoms with Crippen LogP contribution < -0.4 is 25.6 Å². The monoisotopic (exact) mass is 598 g/mol. The maximum Gasteiger partial charge on any atom is 0.349 e. The number of ether oxygens (including phenoxy) is 1. The third kappa shape index (κ3) is 5.49. The first-order valence-electron chi connectivity index (χ1n) is 14.0. The van der Waals surface area contributed by atoms with Gasteiger partial charge < -0.3 is 19.4 Å². The molecular formula is C32H30N4O8. The molecule has 0 unspecified atom stereocenters. The minimum atomic E-state index is -0.877. The molecular weight excluding hydrogens is 568 g/mol. The fourth-order valence-electron chi connectivity index (χ4n) is 5.03. The second kappa shape index (κ2) is 11.6. The van der Waals surface area contributed by atoms with Crippen molar-refractivity contribution in [2.24, 2.45) is 0 Å². The van der Waals surface area contributed by atoms with Crippen LogP contribution in [-0.2, 0) is 23.9 Å². The van der Waals surface area contributed by atoms with Gasteiger partial charge in [-0.3, -0.25) is 24.0 Å². The van der Waals surface area contributed by atoms with Crippen LogP contribution in [0.15, 0.2) is 75.2 Å². The van der Waals surface area contributed by atoms with Crippen LogP contribution in [0.4, 0.5) is 22.7 Å². The van der Waals surface area contributed by atoms with Gasteiger partial charge in [-0.2, -0.15) is 0 Å². The molecule has 226 valence electrons. The van der Waals surface area contributed by atoms with Crippen LogP contribution in [0.3, 0.4) is 0 Å². The minimum absolute atomic E-state index is 0.00265. The van der Waals surface area contributed by atoms with E-state index in [0.717, 1.165) is 40.7 Å². The highest BCUT2D eigenvalue weighted by Gasteiger charge is 2.36. The Hall–Kier alpha value is -5.52. The molecule has 2 aromatic carbocycles. The molecule has 0 bridgehead atoms. The van der Waals surface area contributed by atoms with Gasteiger partial charge in [0.1, 0.15) is 11.1 Å². The highest BCUT2D eigenvalue weighted by atomic mass is 16.5. The van der Waals surface area contributed by atoms with Gasteiger partial charge in [-0.25, -0.2) is 14.6 Å². The summed E-state index contributed by atoms with van der Waals surface area (Å²) in [6.45, 7) is 10.4. The molecule has 1 N–H and O–H groups in total. The number of benzene rings is 2. The lowest BCUT2D eigenvalue weighted by atomic mass is 10.1. The zero-order chi connectivity index (χ0) is 31.9. The number of imide groups is 2.